The molecule has 0 amide bonds. The van der Waals surface area contributed by atoms with Crippen LogP contribution in [0, 0.1) is 0 Å². The van der Waals surface area contributed by atoms with Crippen LogP contribution in [0.25, 0.3) is 0 Å². The fraction of sp³-hybridized carbons (Fsp3) is 0.259. The van der Waals surface area contributed by atoms with Crippen molar-refractivity contribution in [1.29, 1.82) is 0 Å². The summed E-state index contributed by atoms with van der Waals surface area (Å²) >= 11 is 1.73. The number of esters is 1. The van der Waals surface area contributed by atoms with E-state index in [0.717, 1.165) is 34.0 Å². The van der Waals surface area contributed by atoms with Gasteiger partial charge in [-0.3, -0.25) is 9.59 Å². The van der Waals surface area contributed by atoms with Crippen LogP contribution < -0.4 is 4.90 Å². The lowest BCUT2D eigenvalue weighted by atomic mass is 10.0. The molecule has 0 radical (unpaired) electrons. The van der Waals surface area contributed by atoms with E-state index in [9.17, 15) is 9.59 Å². The van der Waals surface area contributed by atoms with E-state index in [2.05, 4.69) is 36.1 Å². The molecule has 32 heavy (non-hydrogen) atoms. The molecule has 3 aromatic carbocycles. The largest absolute Gasteiger partial charge is 0.454 e. The van der Waals surface area contributed by atoms with Crippen molar-refractivity contribution in [2.45, 2.75) is 49.0 Å². The summed E-state index contributed by atoms with van der Waals surface area (Å²) in [7, 11) is 0. The summed E-state index contributed by atoms with van der Waals surface area (Å²) in [4.78, 5) is 29.8. The fourth-order valence-corrected chi connectivity index (χ4v) is 4.99. The Morgan fingerprint density at radius 3 is 2.09 bits per heavy atom. The Bertz CT molecular complexity index is 1060. The predicted molar refractivity (Wildman–Crippen MR) is 129 cm³/mol. The number of ether oxygens (including phenoxy) is 1. The minimum atomic E-state index is -0.809. The van der Waals surface area contributed by atoms with Crippen LogP contribution in [-0.4, -0.2) is 24.4 Å². The molecule has 4 nitrogen and oxygen atoms in total. The zero-order chi connectivity index (χ0) is 22.5. The quantitative estimate of drug-likeness (QED) is 0.295. The van der Waals surface area contributed by atoms with Gasteiger partial charge >= 0.3 is 5.97 Å². The summed E-state index contributed by atoms with van der Waals surface area (Å²) in [6, 6.07) is 23.9. The number of Topliss-reactive ketones (excluding diaryl/α,β-unsaturated/α-hetero) is 1. The lowest BCUT2D eigenvalue weighted by Crippen LogP contribution is -2.28. The van der Waals surface area contributed by atoms with Crippen molar-refractivity contribution in [3.63, 3.8) is 0 Å². The van der Waals surface area contributed by atoms with Gasteiger partial charge in [0.25, 0.3) is 0 Å². The zero-order valence-corrected chi connectivity index (χ0v) is 19.2. The Balaban J connectivity index is 1.39. The maximum Gasteiger partial charge on any atom is 0.308 e. The molecule has 1 heterocycles. The van der Waals surface area contributed by atoms with Crippen molar-refractivity contribution >= 4 is 34.9 Å². The molecule has 0 N–H and O–H groups in total. The number of nitrogens with zero attached hydrogens (tertiary/aromatic N) is 1. The molecule has 4 rings (SSSR count). The molecule has 3 aromatic rings. The highest BCUT2D eigenvalue weighted by Gasteiger charge is 2.25. The second-order valence-corrected chi connectivity index (χ2v) is 8.97. The van der Waals surface area contributed by atoms with Crippen molar-refractivity contribution in [1.82, 2.24) is 0 Å². The molecule has 0 bridgehead atoms. The SMILES string of the molecule is CCCc1ccc(C(=O)[C@H](C)OC(=O)CCN2c3ccccc3Sc3ccccc32)cc1. The van der Waals surface area contributed by atoms with Crippen molar-refractivity contribution in [3.05, 3.63) is 83.9 Å². The van der Waals surface area contributed by atoms with Crippen LogP contribution >= 0.6 is 11.8 Å². The molecule has 0 fully saturated rings. The third-order valence-electron chi connectivity index (χ3n) is 5.53. The van der Waals surface area contributed by atoms with Gasteiger partial charge in [0.1, 0.15) is 0 Å². The number of para-hydroxylation sites is 2. The first-order chi connectivity index (χ1) is 15.6. The van der Waals surface area contributed by atoms with E-state index in [4.69, 9.17) is 4.74 Å². The van der Waals surface area contributed by atoms with Gasteiger partial charge in [0.05, 0.1) is 17.8 Å². The fourth-order valence-electron chi connectivity index (χ4n) is 3.89. The lowest BCUT2D eigenvalue weighted by Gasteiger charge is -2.32. The predicted octanol–water partition coefficient (Wildman–Crippen LogP) is 6.45. The third-order valence-corrected chi connectivity index (χ3v) is 6.66. The maximum absolute atomic E-state index is 12.7. The van der Waals surface area contributed by atoms with Crippen molar-refractivity contribution < 1.29 is 14.3 Å². The van der Waals surface area contributed by atoms with Gasteiger partial charge in [0, 0.05) is 21.9 Å². The van der Waals surface area contributed by atoms with Gasteiger partial charge in [-0.1, -0.05) is 73.6 Å². The van der Waals surface area contributed by atoms with E-state index in [1.165, 1.54) is 5.56 Å². The van der Waals surface area contributed by atoms with E-state index in [1.54, 1.807) is 18.7 Å². The Morgan fingerprint density at radius 1 is 0.906 bits per heavy atom. The van der Waals surface area contributed by atoms with Crippen LogP contribution in [0.2, 0.25) is 0 Å². The highest BCUT2D eigenvalue weighted by molar-refractivity contribution is 7.99. The molecule has 0 aromatic heterocycles. The number of fused-ring (bicyclic) bond motifs is 2. The summed E-state index contributed by atoms with van der Waals surface area (Å²) < 4.78 is 5.49. The van der Waals surface area contributed by atoms with Crippen LogP contribution in [0.4, 0.5) is 11.4 Å². The number of ketones is 1. The topological polar surface area (TPSA) is 46.6 Å². The van der Waals surface area contributed by atoms with E-state index < -0.39 is 6.10 Å². The average Bonchev–Trinajstić information content (AvgIpc) is 2.82. The molecule has 1 aliphatic heterocycles. The molecule has 0 spiro atoms. The van der Waals surface area contributed by atoms with Crippen molar-refractivity contribution in [2.24, 2.45) is 0 Å². The van der Waals surface area contributed by atoms with E-state index in [0.29, 0.717) is 12.1 Å². The van der Waals surface area contributed by atoms with Crippen LogP contribution in [0.3, 0.4) is 0 Å². The number of aryl methyl sites for hydroxylation is 1. The first-order valence-corrected chi connectivity index (χ1v) is 11.8. The summed E-state index contributed by atoms with van der Waals surface area (Å²) in [5.41, 5.74) is 3.94. The summed E-state index contributed by atoms with van der Waals surface area (Å²) in [6.07, 6.45) is 1.43. The minimum Gasteiger partial charge on any atom is -0.454 e. The Kier molecular flexibility index (Phi) is 6.96. The zero-order valence-electron chi connectivity index (χ0n) is 18.4. The van der Waals surface area contributed by atoms with Gasteiger partial charge in [0.15, 0.2) is 6.10 Å². The van der Waals surface area contributed by atoms with Crippen molar-refractivity contribution in [2.75, 3.05) is 11.4 Å². The summed E-state index contributed by atoms with van der Waals surface area (Å²) in [5.74, 6) is -0.548. The number of hydrogen-bond acceptors (Lipinski definition) is 5. The van der Waals surface area contributed by atoms with Crippen LogP contribution in [0.15, 0.2) is 82.6 Å². The maximum atomic E-state index is 12.7. The molecule has 164 valence electrons. The summed E-state index contributed by atoms with van der Waals surface area (Å²) in [5, 5.41) is 0. The lowest BCUT2D eigenvalue weighted by molar-refractivity contribution is -0.146. The van der Waals surface area contributed by atoms with E-state index in [-0.39, 0.29) is 18.2 Å². The van der Waals surface area contributed by atoms with Gasteiger partial charge in [-0.2, -0.15) is 0 Å². The minimum absolute atomic E-state index is 0.175. The molecule has 0 unspecified atom stereocenters. The smallest absolute Gasteiger partial charge is 0.308 e. The Labute approximate surface area is 193 Å². The van der Waals surface area contributed by atoms with E-state index >= 15 is 0 Å². The van der Waals surface area contributed by atoms with E-state index in [1.807, 2.05) is 48.5 Å². The normalized spacial score (nSPS) is 13.1. The molecule has 5 heteroatoms. The summed E-state index contributed by atoms with van der Waals surface area (Å²) in [6.45, 7) is 4.25. The Hall–Kier alpha value is -3.05. The van der Waals surface area contributed by atoms with Crippen molar-refractivity contribution in [3.8, 4) is 0 Å². The number of benzene rings is 3. The number of anilines is 2. The number of carbonyl (C=O) groups is 2. The number of hydrogen-bond donors (Lipinski definition) is 0. The van der Waals surface area contributed by atoms with Gasteiger partial charge in [-0.25, -0.2) is 0 Å². The molecule has 0 saturated carbocycles. The van der Waals surface area contributed by atoms with Gasteiger partial charge in [0.2, 0.25) is 5.78 Å². The molecule has 0 saturated heterocycles. The highest BCUT2D eigenvalue weighted by Crippen LogP contribution is 2.47. The standard InChI is InChI=1S/C27H27NO3S/c1-3-8-20-13-15-21(16-14-20)27(30)19(2)31-26(29)17-18-28-22-9-4-6-11-24(22)32-25-12-7-5-10-23(25)28/h4-7,9-16,19H,3,8,17-18H2,1-2H3/t19-/m0/s1. The molecular formula is C27H27NO3S. The third kappa shape index (κ3) is 4.89. The first-order valence-electron chi connectivity index (χ1n) is 11.0. The average molecular weight is 446 g/mol. The number of carbonyl (C=O) groups excluding carboxylic acids is 2. The van der Waals surface area contributed by atoms with Crippen LogP contribution in [0.5, 0.6) is 0 Å². The molecular weight excluding hydrogens is 418 g/mol. The molecule has 0 aliphatic carbocycles. The Morgan fingerprint density at radius 2 is 1.50 bits per heavy atom. The van der Waals surface area contributed by atoms with Crippen LogP contribution in [-0.2, 0) is 16.0 Å². The highest BCUT2D eigenvalue weighted by atomic mass is 32.2. The van der Waals surface area contributed by atoms with Gasteiger partial charge in [-0.05, 0) is 43.2 Å². The second kappa shape index (κ2) is 10.0. The van der Waals surface area contributed by atoms with Gasteiger partial charge < -0.3 is 9.64 Å². The van der Waals surface area contributed by atoms with Gasteiger partial charge in [-0.15, -0.1) is 0 Å². The number of rotatable bonds is 8. The second-order valence-electron chi connectivity index (χ2n) is 7.88. The molecule has 1 aliphatic rings. The van der Waals surface area contributed by atoms with Crippen LogP contribution in [0.1, 0.15) is 42.6 Å². The molecule has 1 atom stereocenters. The monoisotopic (exact) mass is 445 g/mol. The first kappa shape index (κ1) is 22.2.